The summed E-state index contributed by atoms with van der Waals surface area (Å²) in [6, 6.07) is 0. The highest BCUT2D eigenvalue weighted by Gasteiger charge is 2.62. The van der Waals surface area contributed by atoms with E-state index in [1.165, 1.54) is 16.6 Å². The lowest BCUT2D eigenvalue weighted by Crippen LogP contribution is -2.30. The quantitative estimate of drug-likeness (QED) is 0.458. The highest BCUT2D eigenvalue weighted by molar-refractivity contribution is 7.78. The fourth-order valence-electron chi connectivity index (χ4n) is 2.85. The Balaban J connectivity index is 2.35. The lowest BCUT2D eigenvalue weighted by Gasteiger charge is -2.16. The van der Waals surface area contributed by atoms with Gasteiger partial charge in [-0.1, -0.05) is 11.6 Å². The monoisotopic (exact) mass is 199 g/mol. The molecule has 0 amide bonds. The minimum absolute atomic E-state index is 0.781. The van der Waals surface area contributed by atoms with Gasteiger partial charge in [0.2, 0.25) is 5.54 Å². The van der Waals surface area contributed by atoms with Crippen LogP contribution >= 0.6 is 7.04 Å². The van der Waals surface area contributed by atoms with E-state index >= 15 is 0 Å². The van der Waals surface area contributed by atoms with Crippen LogP contribution in [0.25, 0.3) is 0 Å². The molecular formula is C10H20N2P+. The van der Waals surface area contributed by atoms with Crippen molar-refractivity contribution in [3.8, 4) is 0 Å². The van der Waals surface area contributed by atoms with Gasteiger partial charge in [0.15, 0.2) is 0 Å². The van der Waals surface area contributed by atoms with Crippen LogP contribution in [-0.2, 0) is 0 Å². The maximum atomic E-state index is 2.45. The summed E-state index contributed by atoms with van der Waals surface area (Å²) >= 11 is 0. The second-order valence-corrected chi connectivity index (χ2v) is 8.83. The van der Waals surface area contributed by atoms with Crippen LogP contribution in [0.4, 0.5) is 0 Å². The maximum Gasteiger partial charge on any atom is 0.231 e. The first-order valence-electron chi connectivity index (χ1n) is 4.84. The molecule has 2 heterocycles. The Labute approximate surface area is 81.5 Å². The molecule has 13 heavy (non-hydrogen) atoms. The third-order valence-corrected chi connectivity index (χ3v) is 8.80. The van der Waals surface area contributed by atoms with E-state index in [9.17, 15) is 0 Å². The summed E-state index contributed by atoms with van der Waals surface area (Å²) in [5, 5.41) is 0. The van der Waals surface area contributed by atoms with Crippen molar-refractivity contribution in [3.05, 3.63) is 11.6 Å². The van der Waals surface area contributed by atoms with E-state index in [0.717, 1.165) is 0 Å². The molecule has 2 aliphatic heterocycles. The van der Waals surface area contributed by atoms with Crippen LogP contribution in [0.5, 0.6) is 0 Å². The fraction of sp³-hybridized carbons (Fsp3) is 0.700. The van der Waals surface area contributed by atoms with Crippen LogP contribution in [0.1, 0.15) is 6.92 Å². The zero-order chi connectivity index (χ0) is 9.85. The zero-order valence-corrected chi connectivity index (χ0v) is 10.2. The molecule has 1 atom stereocenters. The van der Waals surface area contributed by atoms with Crippen molar-refractivity contribution in [3.63, 3.8) is 0 Å². The predicted octanol–water partition coefficient (Wildman–Crippen LogP) is 1.62. The molecule has 3 heteroatoms. The Kier molecular flexibility index (Phi) is 1.83. The number of nitrogens with zero attached hydrogens (tertiary/aromatic N) is 2. The molecule has 0 bridgehead atoms. The van der Waals surface area contributed by atoms with E-state index in [-0.39, 0.29) is 0 Å². The zero-order valence-electron chi connectivity index (χ0n) is 9.33. The van der Waals surface area contributed by atoms with Gasteiger partial charge in [-0.05, 0) is 21.0 Å². The first kappa shape index (κ1) is 9.51. The topological polar surface area (TPSA) is 3.24 Å². The lowest BCUT2D eigenvalue weighted by atomic mass is 10.3. The summed E-state index contributed by atoms with van der Waals surface area (Å²) in [6.45, 7) is 2.28. The van der Waals surface area contributed by atoms with E-state index in [2.05, 4.69) is 46.1 Å². The Hall–Kier alpha value is -0.0400. The van der Waals surface area contributed by atoms with Crippen LogP contribution < -0.4 is 0 Å². The van der Waals surface area contributed by atoms with Gasteiger partial charge in [0.05, 0.1) is 14.1 Å². The lowest BCUT2D eigenvalue weighted by molar-refractivity contribution is -0.634. The third-order valence-electron chi connectivity index (χ3n) is 3.43. The maximum absolute atomic E-state index is 2.45. The molecule has 1 unspecified atom stereocenters. The molecule has 2 rings (SSSR count). The average Bonchev–Trinajstić information content (AvgIpc) is 2.33. The molecule has 2 nitrogen and oxygen atoms in total. The molecule has 0 aromatic heterocycles. The van der Waals surface area contributed by atoms with Gasteiger partial charge in [-0.3, -0.25) is 4.25 Å². The van der Waals surface area contributed by atoms with Crippen LogP contribution in [0, 0.1) is 0 Å². The number of hydrogen-bond acceptors (Lipinski definition) is 1. The molecule has 0 saturated heterocycles. The highest BCUT2D eigenvalue weighted by Crippen LogP contribution is 2.73. The standard InChI is InChI=1S/C10H20N2P/c1-9-6-7-13(8-9)10(11(2)3)12(13,4)5/h6H,7-8H2,1-5H3/q+1. The summed E-state index contributed by atoms with van der Waals surface area (Å²) in [5.74, 6) is 0. The highest BCUT2D eigenvalue weighted by atomic mass is 31.2. The number of rotatable bonds is 1. The van der Waals surface area contributed by atoms with E-state index in [1.54, 1.807) is 11.1 Å². The molecule has 0 aromatic rings. The van der Waals surface area contributed by atoms with Crippen LogP contribution in [0.15, 0.2) is 11.6 Å². The predicted molar refractivity (Wildman–Crippen MR) is 61.2 cm³/mol. The summed E-state index contributed by atoms with van der Waals surface area (Å²) in [6.07, 6.45) is 5.16. The first-order valence-corrected chi connectivity index (χ1v) is 6.95. The Morgan fingerprint density at radius 1 is 1.38 bits per heavy atom. The molecule has 0 fully saturated rings. The molecule has 1 spiro atoms. The van der Waals surface area contributed by atoms with Gasteiger partial charge in [0.25, 0.3) is 0 Å². The summed E-state index contributed by atoms with van der Waals surface area (Å²) in [5.41, 5.74) is 3.30. The van der Waals surface area contributed by atoms with Gasteiger partial charge >= 0.3 is 0 Å². The van der Waals surface area contributed by atoms with Crippen molar-refractivity contribution >= 4 is 12.6 Å². The van der Waals surface area contributed by atoms with Crippen molar-refractivity contribution in [2.45, 2.75) is 6.92 Å². The number of allylic oxidation sites excluding steroid dienone is 2. The minimum atomic E-state index is -0.781. The van der Waals surface area contributed by atoms with Crippen LogP contribution in [0.3, 0.4) is 0 Å². The van der Waals surface area contributed by atoms with Crippen molar-refractivity contribution in [2.24, 2.45) is 0 Å². The third kappa shape index (κ3) is 1.03. The summed E-state index contributed by atoms with van der Waals surface area (Å²) in [7, 11) is 8.34. The summed E-state index contributed by atoms with van der Waals surface area (Å²) in [4.78, 5) is 2.35. The first-order chi connectivity index (χ1) is 5.92. The molecule has 0 aromatic carbocycles. The number of quaternary nitrogens is 1. The van der Waals surface area contributed by atoms with Crippen molar-refractivity contribution < 1.29 is 4.25 Å². The SMILES string of the molecule is CC1=CCP2(=C(N(C)C)[N+]2(C)C)C1. The molecular weight excluding hydrogens is 179 g/mol. The second kappa shape index (κ2) is 2.50. The normalized spacial score (nSPS) is 35.8. The molecule has 0 radical (unpaired) electrons. The molecule has 0 aliphatic carbocycles. The van der Waals surface area contributed by atoms with Crippen LogP contribution in [-0.4, -0.2) is 55.2 Å². The van der Waals surface area contributed by atoms with Crippen molar-refractivity contribution in [1.82, 2.24) is 4.90 Å². The largest absolute Gasteiger partial charge is 0.266 e. The van der Waals surface area contributed by atoms with E-state index in [4.69, 9.17) is 0 Å². The van der Waals surface area contributed by atoms with Gasteiger partial charge in [0.1, 0.15) is 7.04 Å². The van der Waals surface area contributed by atoms with Gasteiger partial charge < -0.3 is 0 Å². The van der Waals surface area contributed by atoms with E-state index in [1.807, 2.05) is 0 Å². The Bertz CT molecular complexity index is 337. The minimum Gasteiger partial charge on any atom is -0.266 e. The Morgan fingerprint density at radius 3 is 2.31 bits per heavy atom. The van der Waals surface area contributed by atoms with Gasteiger partial charge in [0, 0.05) is 12.3 Å². The van der Waals surface area contributed by atoms with Crippen molar-refractivity contribution in [2.75, 3.05) is 40.5 Å². The molecule has 74 valence electrons. The molecule has 0 N–H and O–H groups in total. The number of hydrogen-bond donors (Lipinski definition) is 0. The van der Waals surface area contributed by atoms with Gasteiger partial charge in [-0.15, -0.1) is 0 Å². The van der Waals surface area contributed by atoms with E-state index < -0.39 is 7.04 Å². The second-order valence-electron chi connectivity index (χ2n) is 4.90. The average molecular weight is 199 g/mol. The van der Waals surface area contributed by atoms with Gasteiger partial charge in [-0.25, -0.2) is 4.90 Å². The summed E-state index contributed by atoms with van der Waals surface area (Å²) < 4.78 is 1.20. The molecule has 0 saturated carbocycles. The fourth-order valence-corrected chi connectivity index (χ4v) is 8.14. The smallest absolute Gasteiger partial charge is 0.231 e. The molecule has 2 aliphatic rings. The Morgan fingerprint density at radius 2 is 2.00 bits per heavy atom. The van der Waals surface area contributed by atoms with Gasteiger partial charge in [-0.2, -0.15) is 0 Å². The van der Waals surface area contributed by atoms with Crippen molar-refractivity contribution in [1.29, 1.82) is 0 Å². The van der Waals surface area contributed by atoms with E-state index in [0.29, 0.717) is 0 Å². The van der Waals surface area contributed by atoms with Crippen LogP contribution in [0.2, 0.25) is 0 Å².